The molecule has 250 valence electrons. The van der Waals surface area contributed by atoms with E-state index in [1.807, 2.05) is 0 Å². The highest BCUT2D eigenvalue weighted by Gasteiger charge is 2.43. The summed E-state index contributed by atoms with van der Waals surface area (Å²) >= 11 is 0. The first-order valence-electron chi connectivity index (χ1n) is 18.9. The molecule has 0 radical (unpaired) electrons. The average molecular weight is 659 g/mol. The van der Waals surface area contributed by atoms with Crippen molar-refractivity contribution >= 4 is 12.2 Å². The first-order chi connectivity index (χ1) is 24.9. The molecule has 0 aliphatic heterocycles. The molecule has 0 amide bonds. The highest BCUT2D eigenvalue weighted by Crippen LogP contribution is 2.57. The van der Waals surface area contributed by atoms with Gasteiger partial charge in [0.2, 0.25) is 0 Å². The molecule has 1 fully saturated rings. The Morgan fingerprint density at radius 1 is 0.373 bits per heavy atom. The Balaban J connectivity index is 1.14. The van der Waals surface area contributed by atoms with Crippen molar-refractivity contribution in [1.82, 2.24) is 0 Å². The second-order valence-electron chi connectivity index (χ2n) is 15.4. The van der Waals surface area contributed by atoms with Crippen LogP contribution >= 0.6 is 0 Å². The molecular formula is C51H46. The van der Waals surface area contributed by atoms with Gasteiger partial charge in [0.1, 0.15) is 0 Å². The van der Waals surface area contributed by atoms with E-state index in [0.717, 1.165) is 12.8 Å². The topological polar surface area (TPSA) is 0 Å². The van der Waals surface area contributed by atoms with Gasteiger partial charge >= 0.3 is 0 Å². The molecule has 3 aliphatic rings. The fraction of sp³-hybridized carbons (Fsp3) is 0.216. The molecule has 0 bridgehead atoms. The van der Waals surface area contributed by atoms with E-state index in [-0.39, 0.29) is 5.41 Å². The first kappa shape index (κ1) is 31.8. The van der Waals surface area contributed by atoms with Crippen LogP contribution in [0.25, 0.3) is 56.7 Å². The molecule has 0 heterocycles. The predicted molar refractivity (Wildman–Crippen MR) is 218 cm³/mol. The van der Waals surface area contributed by atoms with Crippen LogP contribution in [0, 0.1) is 33.1 Å². The van der Waals surface area contributed by atoms with Crippen molar-refractivity contribution in [3.8, 4) is 44.5 Å². The third-order valence-electron chi connectivity index (χ3n) is 12.4. The van der Waals surface area contributed by atoms with Crippen molar-refractivity contribution in [2.45, 2.75) is 66.2 Å². The summed E-state index contributed by atoms with van der Waals surface area (Å²) in [6.45, 7) is 8.99. The summed E-state index contributed by atoms with van der Waals surface area (Å²) in [5.74, 6) is 0. The van der Waals surface area contributed by atoms with Gasteiger partial charge in [0.25, 0.3) is 0 Å². The zero-order valence-corrected chi connectivity index (χ0v) is 30.4. The lowest BCUT2D eigenvalue weighted by atomic mass is 9.71. The van der Waals surface area contributed by atoms with Crippen LogP contribution in [-0.2, 0) is 12.8 Å². The fourth-order valence-electron chi connectivity index (χ4n) is 10.00. The number of hydrogen-bond donors (Lipinski definition) is 0. The van der Waals surface area contributed by atoms with Crippen LogP contribution in [0.15, 0.2) is 132 Å². The number of benzene rings is 6. The molecule has 1 saturated carbocycles. The molecule has 0 heteroatoms. The lowest BCUT2D eigenvalue weighted by molar-refractivity contribution is 0.437. The van der Waals surface area contributed by atoms with Crippen molar-refractivity contribution < 1.29 is 0 Å². The average Bonchev–Trinajstić information content (AvgIpc) is 3.91. The molecule has 0 spiro atoms. The van der Waals surface area contributed by atoms with E-state index in [4.69, 9.17) is 0 Å². The van der Waals surface area contributed by atoms with E-state index in [0.29, 0.717) is 0 Å². The highest BCUT2D eigenvalue weighted by atomic mass is 14.5. The van der Waals surface area contributed by atoms with Crippen LogP contribution < -0.4 is 0 Å². The Kier molecular flexibility index (Phi) is 7.81. The summed E-state index contributed by atoms with van der Waals surface area (Å²) in [5.41, 5.74) is 25.3. The Morgan fingerprint density at radius 3 is 1.14 bits per heavy atom. The van der Waals surface area contributed by atoms with E-state index < -0.39 is 0 Å². The number of allylic oxidation sites excluding steroid dienone is 2. The quantitative estimate of drug-likeness (QED) is 0.167. The molecule has 0 unspecified atom stereocenters. The Morgan fingerprint density at radius 2 is 0.725 bits per heavy atom. The molecule has 0 aromatic heterocycles. The van der Waals surface area contributed by atoms with Gasteiger partial charge in [-0.05, 0) is 142 Å². The number of hydrogen-bond acceptors (Lipinski definition) is 0. The maximum Gasteiger partial charge on any atom is 0.0134 e. The van der Waals surface area contributed by atoms with Gasteiger partial charge in [-0.25, -0.2) is 0 Å². The van der Waals surface area contributed by atoms with E-state index in [1.165, 1.54) is 115 Å². The number of aryl methyl sites for hydroxylation is 4. The Hall–Kier alpha value is -5.20. The van der Waals surface area contributed by atoms with Crippen molar-refractivity contribution in [1.29, 1.82) is 0 Å². The second-order valence-corrected chi connectivity index (χ2v) is 15.4. The lowest BCUT2D eigenvalue weighted by Crippen LogP contribution is -2.22. The SMILES string of the molecule is Cc1cccc(C)c1-c1ccccc1-c1cccc2c1C=C(C1(C3=Cc4c(cccc4-c4ccccc4-c4c(C)cccc4C)C3)CCCC1)C2. The van der Waals surface area contributed by atoms with E-state index in [2.05, 4.69) is 161 Å². The molecule has 0 saturated heterocycles. The molecule has 6 aromatic carbocycles. The fourth-order valence-corrected chi connectivity index (χ4v) is 10.00. The third-order valence-corrected chi connectivity index (χ3v) is 12.4. The largest absolute Gasteiger partial charge is 0.0617 e. The minimum absolute atomic E-state index is 0.116. The van der Waals surface area contributed by atoms with E-state index >= 15 is 0 Å². The lowest BCUT2D eigenvalue weighted by Gasteiger charge is -2.33. The Bertz CT molecular complexity index is 2200. The van der Waals surface area contributed by atoms with Crippen LogP contribution in [0.1, 0.15) is 70.2 Å². The predicted octanol–water partition coefficient (Wildman–Crippen LogP) is 13.7. The molecule has 0 atom stereocenters. The van der Waals surface area contributed by atoms with Gasteiger partial charge in [-0.15, -0.1) is 0 Å². The molecule has 0 N–H and O–H groups in total. The van der Waals surface area contributed by atoms with Gasteiger partial charge < -0.3 is 0 Å². The van der Waals surface area contributed by atoms with Crippen molar-refractivity contribution in [2.24, 2.45) is 5.41 Å². The molecule has 9 rings (SSSR count). The van der Waals surface area contributed by atoms with Gasteiger partial charge in [-0.3, -0.25) is 0 Å². The minimum atomic E-state index is 0.116. The second kappa shape index (κ2) is 12.5. The number of rotatable bonds is 6. The van der Waals surface area contributed by atoms with Crippen LogP contribution in [0.5, 0.6) is 0 Å². The summed E-state index contributed by atoms with van der Waals surface area (Å²) in [5, 5.41) is 0. The summed E-state index contributed by atoms with van der Waals surface area (Å²) in [4.78, 5) is 0. The number of fused-ring (bicyclic) bond motifs is 2. The van der Waals surface area contributed by atoms with Crippen LogP contribution in [0.3, 0.4) is 0 Å². The van der Waals surface area contributed by atoms with E-state index in [1.54, 1.807) is 11.1 Å². The zero-order chi connectivity index (χ0) is 34.7. The minimum Gasteiger partial charge on any atom is -0.0617 e. The molecule has 3 aliphatic carbocycles. The molecule has 6 aromatic rings. The molecule has 51 heavy (non-hydrogen) atoms. The molecule has 0 nitrogen and oxygen atoms in total. The normalized spacial score (nSPS) is 15.8. The van der Waals surface area contributed by atoms with Gasteiger partial charge in [0.05, 0.1) is 0 Å². The maximum absolute atomic E-state index is 2.62. The third kappa shape index (κ3) is 5.19. The van der Waals surface area contributed by atoms with Crippen molar-refractivity contribution in [3.05, 3.63) is 177 Å². The van der Waals surface area contributed by atoms with Crippen molar-refractivity contribution in [2.75, 3.05) is 0 Å². The van der Waals surface area contributed by atoms with Gasteiger partial charge in [-0.1, -0.05) is 157 Å². The van der Waals surface area contributed by atoms with Gasteiger partial charge in [0, 0.05) is 5.41 Å². The van der Waals surface area contributed by atoms with Crippen LogP contribution in [0.4, 0.5) is 0 Å². The summed E-state index contributed by atoms with van der Waals surface area (Å²) in [6, 6.07) is 45.5. The van der Waals surface area contributed by atoms with Gasteiger partial charge in [0.15, 0.2) is 0 Å². The summed E-state index contributed by atoms with van der Waals surface area (Å²) in [7, 11) is 0. The maximum atomic E-state index is 2.62. The Labute approximate surface area is 304 Å². The van der Waals surface area contributed by atoms with Gasteiger partial charge in [-0.2, -0.15) is 0 Å². The van der Waals surface area contributed by atoms with Crippen LogP contribution in [0.2, 0.25) is 0 Å². The summed E-state index contributed by atoms with van der Waals surface area (Å²) in [6.07, 6.45) is 12.4. The smallest absolute Gasteiger partial charge is 0.0134 e. The standard InChI is InChI=1S/C51H46/c1-33-15-11-16-34(2)49(33)45-23-7-5-21-41(45)43-25-13-19-37-29-39(31-47(37)43)51(27-9-10-28-51)40-30-38-20-14-26-44(48(38)32-40)42-22-6-8-24-46(42)50-35(3)17-12-18-36(50)4/h5-8,11-26,31-32H,9-10,27-30H2,1-4H3. The van der Waals surface area contributed by atoms with Crippen LogP contribution in [-0.4, -0.2) is 0 Å². The molecular weight excluding hydrogens is 613 g/mol. The highest BCUT2D eigenvalue weighted by molar-refractivity contribution is 5.93. The first-order valence-corrected chi connectivity index (χ1v) is 18.9. The monoisotopic (exact) mass is 658 g/mol. The summed E-state index contributed by atoms with van der Waals surface area (Å²) < 4.78 is 0. The van der Waals surface area contributed by atoms with E-state index in [9.17, 15) is 0 Å². The van der Waals surface area contributed by atoms with Crippen molar-refractivity contribution in [3.63, 3.8) is 0 Å². The zero-order valence-electron chi connectivity index (χ0n) is 30.4.